The summed E-state index contributed by atoms with van der Waals surface area (Å²) < 4.78 is 0. The Balaban J connectivity index is 1.26. The molecule has 0 saturated heterocycles. The van der Waals surface area contributed by atoms with Gasteiger partial charge in [0, 0.05) is 30.3 Å². The van der Waals surface area contributed by atoms with Gasteiger partial charge in [-0.2, -0.15) is 11.8 Å². The minimum Gasteiger partial charge on any atom is -0.506 e. The van der Waals surface area contributed by atoms with E-state index in [2.05, 4.69) is 39.9 Å². The molecule has 0 aliphatic carbocycles. The van der Waals surface area contributed by atoms with Crippen LogP contribution in [-0.4, -0.2) is 52.9 Å². The fourth-order valence-corrected chi connectivity index (χ4v) is 4.29. The Morgan fingerprint density at radius 3 is 2.61 bits per heavy atom. The van der Waals surface area contributed by atoms with E-state index in [0.717, 1.165) is 44.0 Å². The van der Waals surface area contributed by atoms with E-state index in [0.29, 0.717) is 23.0 Å². The zero-order chi connectivity index (χ0) is 21.9. The van der Waals surface area contributed by atoms with Crippen molar-refractivity contribution in [2.75, 3.05) is 37.7 Å². The number of aromatic amines is 1. The molecule has 7 heteroatoms. The number of aromatic nitrogens is 1. The van der Waals surface area contributed by atoms with Gasteiger partial charge in [0.05, 0.1) is 11.6 Å². The van der Waals surface area contributed by atoms with E-state index in [1.54, 1.807) is 12.1 Å². The fourth-order valence-electron chi connectivity index (χ4n) is 3.45. The number of H-pyrrole nitrogens is 1. The van der Waals surface area contributed by atoms with Gasteiger partial charge in [-0.1, -0.05) is 36.4 Å². The van der Waals surface area contributed by atoms with Crippen LogP contribution in [0.5, 0.6) is 5.75 Å². The van der Waals surface area contributed by atoms with Crippen LogP contribution in [0.1, 0.15) is 23.7 Å². The van der Waals surface area contributed by atoms with Gasteiger partial charge in [-0.25, -0.2) is 0 Å². The lowest BCUT2D eigenvalue weighted by atomic mass is 10.0. The Hall–Kier alpha value is -2.32. The van der Waals surface area contributed by atoms with Crippen molar-refractivity contribution in [3.8, 4) is 5.75 Å². The molecule has 0 aliphatic heterocycles. The first kappa shape index (κ1) is 23.3. The number of aliphatic hydroxyl groups excluding tert-OH is 1. The molecule has 0 aliphatic rings. The van der Waals surface area contributed by atoms with E-state index in [4.69, 9.17) is 0 Å². The predicted octanol–water partition coefficient (Wildman–Crippen LogP) is 2.81. The normalized spacial score (nSPS) is 12.3. The highest BCUT2D eigenvalue weighted by Crippen LogP contribution is 2.28. The Bertz CT molecular complexity index is 994. The minimum atomic E-state index is -0.715. The van der Waals surface area contributed by atoms with Gasteiger partial charge in [0.1, 0.15) is 5.75 Å². The Labute approximate surface area is 187 Å². The standard InChI is InChI=1S/C24H31N3O3S/c28-21-9-7-19(20-8-10-23(30)27-24(20)21)22(29)17-26-14-16-31-15-4-12-25-13-11-18-5-2-1-3-6-18/h1-3,5-10,22,25-26,28-29H,4,11-17H2,(H,27,30)/t22-/m0/s1. The first-order valence-electron chi connectivity index (χ1n) is 10.7. The number of rotatable bonds is 13. The van der Waals surface area contributed by atoms with Gasteiger partial charge < -0.3 is 25.8 Å². The topological polar surface area (TPSA) is 97.4 Å². The summed E-state index contributed by atoms with van der Waals surface area (Å²) in [6.45, 7) is 3.27. The van der Waals surface area contributed by atoms with E-state index in [9.17, 15) is 15.0 Å². The van der Waals surface area contributed by atoms with Crippen LogP contribution >= 0.6 is 11.8 Å². The summed E-state index contributed by atoms with van der Waals surface area (Å²) in [6, 6.07) is 16.7. The third-order valence-corrected chi connectivity index (χ3v) is 6.17. The predicted molar refractivity (Wildman–Crippen MR) is 129 cm³/mol. The number of benzene rings is 2. The number of phenolic OH excluding ortho intramolecular Hbond substituents is 1. The van der Waals surface area contributed by atoms with Crippen molar-refractivity contribution in [3.05, 3.63) is 76.1 Å². The third kappa shape index (κ3) is 7.40. The van der Waals surface area contributed by atoms with Crippen LogP contribution < -0.4 is 16.2 Å². The Morgan fingerprint density at radius 2 is 1.77 bits per heavy atom. The van der Waals surface area contributed by atoms with Crippen LogP contribution in [0.3, 0.4) is 0 Å². The second-order valence-corrected chi connectivity index (χ2v) is 8.68. The van der Waals surface area contributed by atoms with Crippen molar-refractivity contribution in [3.63, 3.8) is 0 Å². The number of hydrogen-bond donors (Lipinski definition) is 5. The van der Waals surface area contributed by atoms with E-state index < -0.39 is 6.10 Å². The molecule has 0 bridgehead atoms. The molecule has 5 N–H and O–H groups in total. The van der Waals surface area contributed by atoms with E-state index in [1.807, 2.05) is 17.8 Å². The number of aliphatic hydroxyl groups is 1. The maximum Gasteiger partial charge on any atom is 0.248 e. The highest BCUT2D eigenvalue weighted by Gasteiger charge is 2.13. The summed E-state index contributed by atoms with van der Waals surface area (Å²) >= 11 is 1.90. The van der Waals surface area contributed by atoms with E-state index in [1.165, 1.54) is 17.7 Å². The van der Waals surface area contributed by atoms with Crippen LogP contribution in [0.2, 0.25) is 0 Å². The van der Waals surface area contributed by atoms with E-state index >= 15 is 0 Å². The molecule has 2 aromatic carbocycles. The van der Waals surface area contributed by atoms with Crippen molar-refractivity contribution in [1.82, 2.24) is 15.6 Å². The Kier molecular flexibility index (Phi) is 9.42. The average molecular weight is 442 g/mol. The molecule has 6 nitrogen and oxygen atoms in total. The van der Waals surface area contributed by atoms with Crippen LogP contribution in [0.4, 0.5) is 0 Å². The summed E-state index contributed by atoms with van der Waals surface area (Å²) in [7, 11) is 0. The molecule has 166 valence electrons. The van der Waals surface area contributed by atoms with Crippen molar-refractivity contribution in [1.29, 1.82) is 0 Å². The molecule has 1 heterocycles. The highest BCUT2D eigenvalue weighted by molar-refractivity contribution is 7.99. The summed E-state index contributed by atoms with van der Waals surface area (Å²) in [5.41, 5.74) is 2.13. The van der Waals surface area contributed by atoms with Gasteiger partial charge in [0.2, 0.25) is 5.56 Å². The lowest BCUT2D eigenvalue weighted by Gasteiger charge is -2.15. The third-order valence-electron chi connectivity index (χ3n) is 5.10. The average Bonchev–Trinajstić information content (AvgIpc) is 2.78. The number of fused-ring (bicyclic) bond motifs is 1. The van der Waals surface area contributed by atoms with Crippen molar-refractivity contribution in [2.24, 2.45) is 0 Å². The van der Waals surface area contributed by atoms with Gasteiger partial charge in [-0.3, -0.25) is 4.79 Å². The molecule has 3 rings (SSSR count). The van der Waals surface area contributed by atoms with Gasteiger partial charge in [0.15, 0.2) is 0 Å². The number of pyridine rings is 1. The largest absolute Gasteiger partial charge is 0.506 e. The highest BCUT2D eigenvalue weighted by atomic mass is 32.2. The van der Waals surface area contributed by atoms with Crippen LogP contribution in [-0.2, 0) is 6.42 Å². The number of phenols is 1. The van der Waals surface area contributed by atoms with Crippen LogP contribution in [0.15, 0.2) is 59.4 Å². The summed E-state index contributed by atoms with van der Waals surface area (Å²) in [5.74, 6) is 2.10. The summed E-state index contributed by atoms with van der Waals surface area (Å²) in [4.78, 5) is 14.1. The molecule has 0 saturated carbocycles. The SMILES string of the molecule is O=c1ccc2c([C@@H](O)CNCCSCCCNCCc3ccccc3)ccc(O)c2[nH]1. The molecule has 0 unspecified atom stereocenters. The lowest BCUT2D eigenvalue weighted by molar-refractivity contribution is 0.177. The van der Waals surface area contributed by atoms with Crippen molar-refractivity contribution in [2.45, 2.75) is 18.9 Å². The fraction of sp³-hybridized carbons (Fsp3) is 0.375. The first-order valence-corrected chi connectivity index (χ1v) is 11.9. The number of hydrogen-bond acceptors (Lipinski definition) is 6. The molecular weight excluding hydrogens is 410 g/mol. The molecule has 0 amide bonds. The van der Waals surface area contributed by atoms with Crippen molar-refractivity contribution < 1.29 is 10.2 Å². The van der Waals surface area contributed by atoms with Crippen LogP contribution in [0.25, 0.3) is 10.9 Å². The molecule has 1 atom stereocenters. The monoisotopic (exact) mass is 441 g/mol. The maximum absolute atomic E-state index is 11.5. The number of thioether (sulfide) groups is 1. The van der Waals surface area contributed by atoms with E-state index in [-0.39, 0.29) is 11.3 Å². The number of nitrogens with one attached hydrogen (secondary N) is 3. The molecule has 0 spiro atoms. The molecule has 31 heavy (non-hydrogen) atoms. The van der Waals surface area contributed by atoms with Crippen molar-refractivity contribution >= 4 is 22.7 Å². The second-order valence-electron chi connectivity index (χ2n) is 7.46. The Morgan fingerprint density at radius 1 is 0.935 bits per heavy atom. The number of aromatic hydroxyl groups is 1. The minimum absolute atomic E-state index is 0.00237. The molecule has 0 fully saturated rings. The summed E-state index contributed by atoms with van der Waals surface area (Å²) in [5, 5.41) is 27.9. The van der Waals surface area contributed by atoms with Gasteiger partial charge in [-0.05, 0) is 54.9 Å². The zero-order valence-corrected chi connectivity index (χ0v) is 18.5. The van der Waals surface area contributed by atoms with Gasteiger partial charge >= 0.3 is 0 Å². The first-order chi connectivity index (χ1) is 15.1. The molecular formula is C24H31N3O3S. The molecule has 3 aromatic rings. The smallest absolute Gasteiger partial charge is 0.248 e. The quantitative estimate of drug-likeness (QED) is 0.262. The molecule has 1 aromatic heterocycles. The maximum atomic E-state index is 11.5. The summed E-state index contributed by atoms with van der Waals surface area (Å²) in [6.07, 6.45) is 1.49. The zero-order valence-electron chi connectivity index (χ0n) is 17.6. The lowest BCUT2D eigenvalue weighted by Crippen LogP contribution is -2.24. The van der Waals surface area contributed by atoms with Gasteiger partial charge in [-0.15, -0.1) is 0 Å². The second kappa shape index (κ2) is 12.5. The van der Waals surface area contributed by atoms with Gasteiger partial charge in [0.25, 0.3) is 0 Å². The van der Waals surface area contributed by atoms with Crippen LogP contribution in [0, 0.1) is 0 Å². The molecule has 0 radical (unpaired) electrons.